The Morgan fingerprint density at radius 2 is 2.00 bits per heavy atom. The van der Waals surface area contributed by atoms with E-state index in [4.69, 9.17) is 14.3 Å². The average Bonchev–Trinajstić information content (AvgIpc) is 3.25. The number of hydrogen-bond acceptors (Lipinski definition) is 7. The summed E-state index contributed by atoms with van der Waals surface area (Å²) in [4.78, 5) is 33.9. The normalized spacial score (nSPS) is 10.8. The molecule has 0 bridgehead atoms. The molecule has 0 saturated heterocycles. The maximum Gasteiger partial charge on any atom is 0.335 e. The number of nitrogens with zero attached hydrogens (tertiary/aromatic N) is 2. The van der Waals surface area contributed by atoms with Crippen molar-refractivity contribution in [3.8, 4) is 23.1 Å². The third kappa shape index (κ3) is 4.80. The van der Waals surface area contributed by atoms with E-state index in [0.29, 0.717) is 11.3 Å². The molecule has 0 aliphatic rings. The van der Waals surface area contributed by atoms with Crippen molar-refractivity contribution in [2.24, 2.45) is 0 Å². The molecular weight excluding hydrogens is 418 g/mol. The molecule has 3 rings (SSSR count). The maximum atomic E-state index is 12.4. The van der Waals surface area contributed by atoms with Crippen LogP contribution in [0.3, 0.4) is 0 Å². The molecule has 160 valence electrons. The second-order valence-corrected chi connectivity index (χ2v) is 6.35. The number of carbonyl (C=O) groups excluding carboxylic acids is 1. The standard InChI is InChI=1S/C22H15N3O7/c1-31-20-11-16(25(29)30)5-7-18(20)19-8-6-17(32-19)10-14(12-23)21(26)24-15-4-2-3-13(9-15)22(27)28/h2-11H,1H3,(H,24,26)(H,27,28)/b14-10+. The molecule has 1 aromatic heterocycles. The van der Waals surface area contributed by atoms with Crippen molar-refractivity contribution in [2.75, 3.05) is 12.4 Å². The highest BCUT2D eigenvalue weighted by atomic mass is 16.6. The van der Waals surface area contributed by atoms with Crippen LogP contribution < -0.4 is 10.1 Å². The van der Waals surface area contributed by atoms with Crippen LogP contribution in [0.25, 0.3) is 17.4 Å². The monoisotopic (exact) mass is 433 g/mol. The topological polar surface area (TPSA) is 156 Å². The summed E-state index contributed by atoms with van der Waals surface area (Å²) in [6.07, 6.45) is 1.22. The van der Waals surface area contributed by atoms with Crippen LogP contribution in [0, 0.1) is 21.4 Å². The van der Waals surface area contributed by atoms with Crippen LogP contribution in [-0.4, -0.2) is 29.0 Å². The van der Waals surface area contributed by atoms with Crippen molar-refractivity contribution in [1.82, 2.24) is 0 Å². The molecule has 0 spiro atoms. The first kappa shape index (κ1) is 21.8. The molecule has 32 heavy (non-hydrogen) atoms. The molecule has 0 atom stereocenters. The van der Waals surface area contributed by atoms with E-state index in [1.165, 1.54) is 61.7 Å². The van der Waals surface area contributed by atoms with Gasteiger partial charge >= 0.3 is 5.97 Å². The summed E-state index contributed by atoms with van der Waals surface area (Å²) in [5, 5.41) is 31.8. The van der Waals surface area contributed by atoms with Gasteiger partial charge in [-0.25, -0.2) is 4.79 Å². The molecule has 0 radical (unpaired) electrons. The van der Waals surface area contributed by atoms with Gasteiger partial charge in [-0.05, 0) is 36.4 Å². The largest absolute Gasteiger partial charge is 0.496 e. The van der Waals surface area contributed by atoms with Crippen molar-refractivity contribution >= 4 is 29.3 Å². The lowest BCUT2D eigenvalue weighted by molar-refractivity contribution is -0.384. The summed E-state index contributed by atoms with van der Waals surface area (Å²) in [6.45, 7) is 0. The van der Waals surface area contributed by atoms with E-state index in [0.717, 1.165) is 0 Å². The van der Waals surface area contributed by atoms with Gasteiger partial charge in [-0.15, -0.1) is 0 Å². The minimum Gasteiger partial charge on any atom is -0.496 e. The molecule has 0 aliphatic heterocycles. The van der Waals surface area contributed by atoms with Crippen LogP contribution in [-0.2, 0) is 4.79 Å². The molecule has 2 aromatic carbocycles. The minimum atomic E-state index is -1.15. The zero-order chi connectivity index (χ0) is 23.3. The number of methoxy groups -OCH3 is 1. The molecule has 0 unspecified atom stereocenters. The number of benzene rings is 2. The lowest BCUT2D eigenvalue weighted by Crippen LogP contribution is -2.13. The highest BCUT2D eigenvalue weighted by Gasteiger charge is 2.16. The SMILES string of the molecule is COc1cc([N+](=O)[O-])ccc1-c1ccc(/C=C(\C#N)C(=O)Nc2cccc(C(=O)O)c2)o1. The third-order valence-electron chi connectivity index (χ3n) is 4.31. The lowest BCUT2D eigenvalue weighted by atomic mass is 10.1. The van der Waals surface area contributed by atoms with E-state index >= 15 is 0 Å². The van der Waals surface area contributed by atoms with Gasteiger partial charge in [-0.2, -0.15) is 5.26 Å². The number of carboxylic acid groups (broad SMARTS) is 1. The smallest absolute Gasteiger partial charge is 0.335 e. The van der Waals surface area contributed by atoms with Gasteiger partial charge in [0.2, 0.25) is 0 Å². The lowest BCUT2D eigenvalue weighted by Gasteiger charge is -2.06. The van der Waals surface area contributed by atoms with Crippen LogP contribution in [0.4, 0.5) is 11.4 Å². The van der Waals surface area contributed by atoms with Crippen LogP contribution in [0.15, 0.2) is 64.6 Å². The number of aromatic carboxylic acids is 1. The Morgan fingerprint density at radius 1 is 1.22 bits per heavy atom. The molecule has 0 fully saturated rings. The van der Waals surface area contributed by atoms with Crippen LogP contribution in [0.1, 0.15) is 16.1 Å². The first-order chi connectivity index (χ1) is 15.3. The van der Waals surface area contributed by atoms with Gasteiger partial charge in [0.1, 0.15) is 28.9 Å². The number of hydrogen-bond donors (Lipinski definition) is 2. The Kier molecular flexibility index (Phi) is 6.31. The number of rotatable bonds is 7. The first-order valence-corrected chi connectivity index (χ1v) is 9.01. The van der Waals surface area contributed by atoms with Crippen LogP contribution in [0.5, 0.6) is 5.75 Å². The third-order valence-corrected chi connectivity index (χ3v) is 4.31. The van der Waals surface area contributed by atoms with Crippen LogP contribution >= 0.6 is 0 Å². The van der Waals surface area contributed by atoms with Crippen molar-refractivity contribution < 1.29 is 28.8 Å². The number of carbonyl (C=O) groups is 2. The number of nitriles is 1. The second kappa shape index (κ2) is 9.27. The van der Waals surface area contributed by atoms with Gasteiger partial charge in [0.25, 0.3) is 11.6 Å². The number of non-ortho nitro benzene ring substituents is 1. The Labute approximate surface area is 181 Å². The summed E-state index contributed by atoms with van der Waals surface area (Å²) in [5.74, 6) is -1.18. The summed E-state index contributed by atoms with van der Waals surface area (Å²) >= 11 is 0. The highest BCUT2D eigenvalue weighted by molar-refractivity contribution is 6.09. The zero-order valence-electron chi connectivity index (χ0n) is 16.6. The fourth-order valence-corrected chi connectivity index (χ4v) is 2.79. The van der Waals surface area contributed by atoms with E-state index in [9.17, 15) is 25.0 Å². The fourth-order valence-electron chi connectivity index (χ4n) is 2.79. The van der Waals surface area contributed by atoms with Gasteiger partial charge in [0.05, 0.1) is 29.2 Å². The van der Waals surface area contributed by atoms with E-state index in [1.54, 1.807) is 12.1 Å². The Balaban J connectivity index is 1.85. The van der Waals surface area contributed by atoms with E-state index in [2.05, 4.69) is 5.32 Å². The van der Waals surface area contributed by atoms with Crippen LogP contribution in [0.2, 0.25) is 0 Å². The number of anilines is 1. The maximum absolute atomic E-state index is 12.4. The van der Waals surface area contributed by atoms with Gasteiger partial charge in [0, 0.05) is 17.8 Å². The Morgan fingerprint density at radius 3 is 2.66 bits per heavy atom. The molecule has 2 N–H and O–H groups in total. The van der Waals surface area contributed by atoms with E-state index in [-0.39, 0.29) is 34.0 Å². The van der Waals surface area contributed by atoms with Crippen molar-refractivity contribution in [3.63, 3.8) is 0 Å². The molecule has 0 aliphatic carbocycles. The number of furan rings is 1. The molecular formula is C22H15N3O7. The van der Waals surface area contributed by atoms with Gasteiger partial charge in [-0.1, -0.05) is 6.07 Å². The first-order valence-electron chi connectivity index (χ1n) is 9.01. The number of nitro benzene ring substituents is 1. The molecule has 3 aromatic rings. The average molecular weight is 433 g/mol. The fraction of sp³-hybridized carbons (Fsp3) is 0.0455. The minimum absolute atomic E-state index is 0.0157. The van der Waals surface area contributed by atoms with Gasteiger partial charge in [0.15, 0.2) is 0 Å². The van der Waals surface area contributed by atoms with Gasteiger partial charge < -0.3 is 19.6 Å². The Hall–Kier alpha value is -4.91. The highest BCUT2D eigenvalue weighted by Crippen LogP contribution is 2.34. The molecule has 0 saturated carbocycles. The summed E-state index contributed by atoms with van der Waals surface area (Å²) < 4.78 is 10.9. The summed E-state index contributed by atoms with van der Waals surface area (Å²) in [7, 11) is 1.36. The molecule has 1 heterocycles. The molecule has 10 nitrogen and oxygen atoms in total. The second-order valence-electron chi connectivity index (χ2n) is 6.35. The number of nitrogens with one attached hydrogen (secondary N) is 1. The van der Waals surface area contributed by atoms with Gasteiger partial charge in [-0.3, -0.25) is 14.9 Å². The number of amides is 1. The quantitative estimate of drug-likeness (QED) is 0.244. The molecule has 10 heteroatoms. The molecule has 1 amide bonds. The van der Waals surface area contributed by atoms with Crippen molar-refractivity contribution in [3.05, 3.63) is 81.6 Å². The predicted molar refractivity (Wildman–Crippen MR) is 113 cm³/mol. The summed E-state index contributed by atoms with van der Waals surface area (Å²) in [5.41, 5.74) is 0.228. The van der Waals surface area contributed by atoms with E-state index in [1.807, 2.05) is 0 Å². The number of ether oxygens (including phenoxy) is 1. The zero-order valence-corrected chi connectivity index (χ0v) is 16.6. The Bertz CT molecular complexity index is 1280. The van der Waals surface area contributed by atoms with E-state index < -0.39 is 16.8 Å². The number of carboxylic acids is 1. The summed E-state index contributed by atoms with van der Waals surface area (Å²) in [6, 6.07) is 14.5. The predicted octanol–water partition coefficient (Wildman–Crippen LogP) is 4.11. The van der Waals surface area contributed by atoms with Crippen molar-refractivity contribution in [1.29, 1.82) is 5.26 Å². The number of nitro groups is 1. The van der Waals surface area contributed by atoms with Crippen molar-refractivity contribution in [2.45, 2.75) is 0 Å².